The summed E-state index contributed by atoms with van der Waals surface area (Å²) in [4.78, 5) is 28.8. The van der Waals surface area contributed by atoms with E-state index in [-0.39, 0.29) is 29.3 Å². The van der Waals surface area contributed by atoms with Gasteiger partial charge in [0, 0.05) is 57.9 Å². The highest BCUT2D eigenvalue weighted by atomic mass is 32.1. The zero-order valence-electron chi connectivity index (χ0n) is 20.2. The molecule has 7 heteroatoms. The van der Waals surface area contributed by atoms with E-state index in [9.17, 15) is 19.8 Å². The lowest BCUT2D eigenvalue weighted by Crippen LogP contribution is -2.42. The van der Waals surface area contributed by atoms with Crippen LogP contribution in [0.2, 0.25) is 0 Å². The molecule has 3 aromatic carbocycles. The van der Waals surface area contributed by atoms with Crippen molar-refractivity contribution in [3.63, 3.8) is 0 Å². The van der Waals surface area contributed by atoms with Gasteiger partial charge in [0.05, 0.1) is 0 Å². The van der Waals surface area contributed by atoms with Crippen LogP contribution in [0.4, 0.5) is 0 Å². The first kappa shape index (κ1) is 23.6. The van der Waals surface area contributed by atoms with E-state index in [1.54, 1.807) is 54.6 Å². The number of piperidine rings is 1. The lowest BCUT2D eigenvalue weighted by Gasteiger charge is -2.32. The average molecular weight is 514 g/mol. The molecule has 1 saturated heterocycles. The molecule has 2 heterocycles. The number of carbonyl (C=O) groups is 2. The molecule has 0 atom stereocenters. The SMILES string of the molecule is O=C(c1ccc(OC2CCN(C(=O)C3CC3)CC2)cc1)c1c(-c2ccc(O)cc2)sc2cc(O)ccc12. The number of benzene rings is 3. The Morgan fingerprint density at radius 3 is 2.19 bits per heavy atom. The van der Waals surface area contributed by atoms with E-state index in [1.165, 1.54) is 11.3 Å². The second kappa shape index (κ2) is 9.56. The number of fused-ring (bicyclic) bond motifs is 1. The van der Waals surface area contributed by atoms with Crippen molar-refractivity contribution in [3.05, 3.63) is 77.9 Å². The molecule has 1 aliphatic carbocycles. The number of rotatable bonds is 6. The number of aromatic hydroxyl groups is 2. The third kappa shape index (κ3) is 4.79. The van der Waals surface area contributed by atoms with Gasteiger partial charge in [-0.25, -0.2) is 0 Å². The van der Waals surface area contributed by atoms with Crippen molar-refractivity contribution in [2.75, 3.05) is 13.1 Å². The highest BCUT2D eigenvalue weighted by Crippen LogP contribution is 2.41. The smallest absolute Gasteiger partial charge is 0.225 e. The Labute approximate surface area is 218 Å². The Balaban J connectivity index is 1.21. The lowest BCUT2D eigenvalue weighted by atomic mass is 9.97. The molecule has 6 rings (SSSR count). The molecule has 188 valence electrons. The van der Waals surface area contributed by atoms with Gasteiger partial charge in [-0.2, -0.15) is 0 Å². The number of phenolic OH excluding ortho intramolecular Hbond substituents is 2. The summed E-state index contributed by atoms with van der Waals surface area (Å²) >= 11 is 1.44. The number of likely N-dealkylation sites (tertiary alicyclic amines) is 1. The Kier molecular flexibility index (Phi) is 6.08. The van der Waals surface area contributed by atoms with E-state index in [1.807, 2.05) is 17.0 Å². The summed E-state index contributed by atoms with van der Waals surface area (Å²) in [5, 5.41) is 20.5. The number of phenols is 2. The van der Waals surface area contributed by atoms with E-state index in [0.717, 1.165) is 59.3 Å². The molecular weight excluding hydrogens is 486 g/mol. The van der Waals surface area contributed by atoms with Crippen molar-refractivity contribution >= 4 is 33.1 Å². The maximum atomic E-state index is 13.7. The van der Waals surface area contributed by atoms with E-state index in [2.05, 4.69) is 0 Å². The fraction of sp³-hybridized carbons (Fsp3) is 0.267. The fourth-order valence-electron chi connectivity index (χ4n) is 4.93. The van der Waals surface area contributed by atoms with Crippen LogP contribution in [0, 0.1) is 5.92 Å². The fourth-order valence-corrected chi connectivity index (χ4v) is 6.17. The monoisotopic (exact) mass is 513 g/mol. The summed E-state index contributed by atoms with van der Waals surface area (Å²) in [5.74, 6) is 1.45. The van der Waals surface area contributed by atoms with Gasteiger partial charge < -0.3 is 19.8 Å². The molecule has 0 radical (unpaired) electrons. The maximum absolute atomic E-state index is 13.7. The van der Waals surface area contributed by atoms with Crippen LogP contribution in [-0.4, -0.2) is 46.0 Å². The normalized spacial score (nSPS) is 16.2. The summed E-state index contributed by atoms with van der Waals surface area (Å²) in [5.41, 5.74) is 1.95. The Morgan fingerprint density at radius 2 is 1.51 bits per heavy atom. The van der Waals surface area contributed by atoms with Gasteiger partial charge in [0.15, 0.2) is 5.78 Å². The van der Waals surface area contributed by atoms with Crippen LogP contribution < -0.4 is 4.74 Å². The molecule has 1 saturated carbocycles. The van der Waals surface area contributed by atoms with E-state index in [4.69, 9.17) is 4.74 Å². The average Bonchev–Trinajstić information content (AvgIpc) is 3.70. The number of hydrogen-bond donors (Lipinski definition) is 2. The molecule has 0 bridgehead atoms. The van der Waals surface area contributed by atoms with Crippen molar-refractivity contribution in [3.8, 4) is 27.7 Å². The van der Waals surface area contributed by atoms with Crippen LogP contribution in [0.1, 0.15) is 41.6 Å². The molecule has 2 aliphatic rings. The summed E-state index contributed by atoms with van der Waals surface area (Å²) in [6.07, 6.45) is 3.73. The molecule has 6 nitrogen and oxygen atoms in total. The number of ketones is 1. The minimum absolute atomic E-state index is 0.0550. The summed E-state index contributed by atoms with van der Waals surface area (Å²) in [6, 6.07) is 19.0. The van der Waals surface area contributed by atoms with Gasteiger partial charge in [-0.1, -0.05) is 0 Å². The Hall–Kier alpha value is -3.84. The maximum Gasteiger partial charge on any atom is 0.225 e. The van der Waals surface area contributed by atoms with Crippen LogP contribution in [-0.2, 0) is 4.79 Å². The number of ether oxygens (including phenoxy) is 1. The van der Waals surface area contributed by atoms with Gasteiger partial charge in [0.25, 0.3) is 0 Å². The quantitative estimate of drug-likeness (QED) is 0.309. The van der Waals surface area contributed by atoms with Crippen LogP contribution in [0.25, 0.3) is 20.5 Å². The topological polar surface area (TPSA) is 87.1 Å². The van der Waals surface area contributed by atoms with Gasteiger partial charge >= 0.3 is 0 Å². The zero-order valence-corrected chi connectivity index (χ0v) is 21.0. The largest absolute Gasteiger partial charge is 0.508 e. The molecule has 2 N–H and O–H groups in total. The predicted molar refractivity (Wildman–Crippen MR) is 143 cm³/mol. The molecule has 0 unspecified atom stereocenters. The van der Waals surface area contributed by atoms with E-state index in [0.29, 0.717) is 22.8 Å². The number of nitrogens with zero attached hydrogens (tertiary/aromatic N) is 1. The summed E-state index contributed by atoms with van der Waals surface area (Å²) in [7, 11) is 0. The number of thiophene rings is 1. The zero-order chi connectivity index (χ0) is 25.5. The molecule has 1 aromatic heterocycles. The Morgan fingerprint density at radius 1 is 0.838 bits per heavy atom. The first-order chi connectivity index (χ1) is 18.0. The highest BCUT2D eigenvalue weighted by Gasteiger charge is 2.35. The first-order valence-corrected chi connectivity index (χ1v) is 13.4. The molecule has 1 amide bonds. The van der Waals surface area contributed by atoms with Crippen LogP contribution in [0.3, 0.4) is 0 Å². The lowest BCUT2D eigenvalue weighted by molar-refractivity contribution is -0.134. The molecule has 2 fully saturated rings. The summed E-state index contributed by atoms with van der Waals surface area (Å²) < 4.78 is 6.99. The van der Waals surface area contributed by atoms with Crippen LogP contribution in [0.15, 0.2) is 66.7 Å². The minimum atomic E-state index is -0.113. The van der Waals surface area contributed by atoms with Crippen molar-refractivity contribution in [2.45, 2.75) is 31.8 Å². The molecule has 4 aromatic rings. The van der Waals surface area contributed by atoms with Gasteiger partial charge in [-0.15, -0.1) is 11.3 Å². The summed E-state index contributed by atoms with van der Waals surface area (Å²) in [6.45, 7) is 1.47. The third-order valence-corrected chi connectivity index (χ3v) is 8.33. The molecule has 37 heavy (non-hydrogen) atoms. The number of amides is 1. The second-order valence-corrected chi connectivity index (χ2v) is 10.9. The molecule has 1 aliphatic heterocycles. The molecular formula is C30H27NO5S. The highest BCUT2D eigenvalue weighted by molar-refractivity contribution is 7.22. The van der Waals surface area contributed by atoms with Gasteiger partial charge in [0.2, 0.25) is 5.91 Å². The van der Waals surface area contributed by atoms with Gasteiger partial charge in [0.1, 0.15) is 23.4 Å². The van der Waals surface area contributed by atoms with Crippen molar-refractivity contribution in [1.29, 1.82) is 0 Å². The van der Waals surface area contributed by atoms with Crippen LogP contribution >= 0.6 is 11.3 Å². The van der Waals surface area contributed by atoms with Crippen molar-refractivity contribution in [2.24, 2.45) is 5.92 Å². The third-order valence-electron chi connectivity index (χ3n) is 7.13. The Bertz CT molecular complexity index is 1460. The number of carbonyl (C=O) groups excluding carboxylic acids is 2. The van der Waals surface area contributed by atoms with Crippen molar-refractivity contribution in [1.82, 2.24) is 4.90 Å². The standard InChI is InChI=1S/C30H27NO5S/c32-21-7-3-19(4-8-21)29-27(25-12-9-22(33)17-26(25)37-29)28(34)18-5-10-23(11-6-18)36-24-13-15-31(16-14-24)30(35)20-1-2-20/h3-12,17,20,24,32-33H,1-2,13-16H2. The molecule has 0 spiro atoms. The van der Waals surface area contributed by atoms with Crippen LogP contribution in [0.5, 0.6) is 17.2 Å². The second-order valence-electron chi connectivity index (χ2n) is 9.80. The van der Waals surface area contributed by atoms with E-state index < -0.39 is 0 Å². The first-order valence-electron chi connectivity index (χ1n) is 12.6. The minimum Gasteiger partial charge on any atom is -0.508 e. The number of hydrogen-bond acceptors (Lipinski definition) is 6. The van der Waals surface area contributed by atoms with Gasteiger partial charge in [-0.3, -0.25) is 9.59 Å². The van der Waals surface area contributed by atoms with Crippen molar-refractivity contribution < 1.29 is 24.5 Å². The predicted octanol–water partition coefficient (Wildman–Crippen LogP) is 5.99. The van der Waals surface area contributed by atoms with E-state index >= 15 is 0 Å². The van der Waals surface area contributed by atoms with Gasteiger partial charge in [-0.05, 0) is 85.1 Å².